The van der Waals surface area contributed by atoms with Crippen LogP contribution >= 0.6 is 23.5 Å². The van der Waals surface area contributed by atoms with Crippen molar-refractivity contribution in [3.8, 4) is 0 Å². The lowest BCUT2D eigenvalue weighted by Gasteiger charge is -2.22. The van der Waals surface area contributed by atoms with Crippen LogP contribution in [0.2, 0.25) is 0 Å². The molecule has 120 valence electrons. The highest BCUT2D eigenvalue weighted by Gasteiger charge is 2.28. The van der Waals surface area contributed by atoms with Crippen LogP contribution in [0.5, 0.6) is 0 Å². The maximum Gasteiger partial charge on any atom is 0.207 e. The second kappa shape index (κ2) is 6.19. The summed E-state index contributed by atoms with van der Waals surface area (Å²) in [7, 11) is -3.45. The van der Waals surface area contributed by atoms with Crippen LogP contribution in [0.1, 0.15) is 24.0 Å². The summed E-state index contributed by atoms with van der Waals surface area (Å²) >= 11 is 3.55. The molecule has 0 aromatic heterocycles. The van der Waals surface area contributed by atoms with Gasteiger partial charge in [-0.2, -0.15) is 0 Å². The van der Waals surface area contributed by atoms with Gasteiger partial charge in [-0.3, -0.25) is 0 Å². The lowest BCUT2D eigenvalue weighted by atomic mass is 10.1. The predicted molar refractivity (Wildman–Crippen MR) is 96.4 cm³/mol. The second-order valence-corrected chi connectivity index (χ2v) is 10.0. The Labute approximate surface area is 146 Å². The van der Waals surface area contributed by atoms with Crippen molar-refractivity contribution in [2.24, 2.45) is 0 Å². The molecule has 2 aromatic carbocycles. The lowest BCUT2D eigenvalue weighted by Crippen LogP contribution is -2.13. The van der Waals surface area contributed by atoms with Gasteiger partial charge in [-0.25, -0.2) is 8.42 Å². The van der Waals surface area contributed by atoms with E-state index in [1.54, 1.807) is 35.7 Å². The second-order valence-electron chi connectivity index (χ2n) is 5.87. The Morgan fingerprint density at radius 1 is 0.739 bits per heavy atom. The number of benzene rings is 2. The molecule has 4 rings (SSSR count). The first-order chi connectivity index (χ1) is 11.2. The van der Waals surface area contributed by atoms with E-state index in [-0.39, 0.29) is 0 Å². The molecule has 2 aliphatic heterocycles. The van der Waals surface area contributed by atoms with Crippen molar-refractivity contribution in [1.82, 2.24) is 0 Å². The first-order valence-corrected chi connectivity index (χ1v) is 11.4. The van der Waals surface area contributed by atoms with Gasteiger partial charge in [-0.15, -0.1) is 23.5 Å². The average Bonchev–Trinajstić information content (AvgIpc) is 2.60. The van der Waals surface area contributed by atoms with Gasteiger partial charge in [-0.05, 0) is 72.6 Å². The molecule has 23 heavy (non-hydrogen) atoms. The Balaban J connectivity index is 1.90. The summed E-state index contributed by atoms with van der Waals surface area (Å²) < 4.78 is 26.7. The molecular weight excluding hydrogens is 344 g/mol. The standard InChI is InChI=1S/C18H18O2S3/c19-23(20,17-9-1-7-15-13(17)5-3-11-21-15)18-10-2-8-16-14(18)6-4-12-22-16/h1-2,7-10H,3-6,11-12H2. The van der Waals surface area contributed by atoms with Crippen LogP contribution < -0.4 is 0 Å². The number of sulfone groups is 1. The minimum atomic E-state index is -3.45. The molecule has 0 spiro atoms. The van der Waals surface area contributed by atoms with E-state index in [1.165, 1.54) is 0 Å². The highest BCUT2D eigenvalue weighted by Crippen LogP contribution is 2.39. The first kappa shape index (κ1) is 15.6. The number of fused-ring (bicyclic) bond motifs is 2. The Kier molecular flexibility index (Phi) is 4.20. The Morgan fingerprint density at radius 3 is 1.70 bits per heavy atom. The molecule has 0 bridgehead atoms. The van der Waals surface area contributed by atoms with Crippen LogP contribution in [0, 0.1) is 0 Å². The van der Waals surface area contributed by atoms with Crippen molar-refractivity contribution in [2.45, 2.75) is 45.3 Å². The van der Waals surface area contributed by atoms with Crippen molar-refractivity contribution in [3.63, 3.8) is 0 Å². The Bertz CT molecular complexity index is 791. The van der Waals surface area contributed by atoms with E-state index in [1.807, 2.05) is 12.1 Å². The summed E-state index contributed by atoms with van der Waals surface area (Å²) in [5.41, 5.74) is 2.04. The monoisotopic (exact) mass is 362 g/mol. The van der Waals surface area contributed by atoms with E-state index in [0.717, 1.165) is 58.1 Å². The first-order valence-electron chi connectivity index (χ1n) is 7.92. The molecule has 0 saturated heterocycles. The van der Waals surface area contributed by atoms with Gasteiger partial charge in [0, 0.05) is 9.79 Å². The quantitative estimate of drug-likeness (QED) is 0.782. The molecule has 0 aliphatic carbocycles. The van der Waals surface area contributed by atoms with Gasteiger partial charge in [-0.1, -0.05) is 12.1 Å². The topological polar surface area (TPSA) is 34.1 Å². The molecule has 2 aromatic rings. The summed E-state index contributed by atoms with van der Waals surface area (Å²) in [6, 6.07) is 11.4. The number of hydrogen-bond acceptors (Lipinski definition) is 4. The number of hydrogen-bond donors (Lipinski definition) is 0. The van der Waals surface area contributed by atoms with Gasteiger partial charge < -0.3 is 0 Å². The van der Waals surface area contributed by atoms with Gasteiger partial charge in [0.05, 0.1) is 9.79 Å². The van der Waals surface area contributed by atoms with Crippen molar-refractivity contribution in [2.75, 3.05) is 11.5 Å². The molecule has 0 unspecified atom stereocenters. The van der Waals surface area contributed by atoms with Gasteiger partial charge in [0.15, 0.2) is 0 Å². The normalized spacial score (nSPS) is 17.4. The number of thioether (sulfide) groups is 2. The van der Waals surface area contributed by atoms with E-state index >= 15 is 0 Å². The molecular formula is C18H18O2S3. The van der Waals surface area contributed by atoms with Gasteiger partial charge in [0.2, 0.25) is 9.84 Å². The average molecular weight is 363 g/mol. The maximum atomic E-state index is 13.4. The largest absolute Gasteiger partial charge is 0.218 e. The van der Waals surface area contributed by atoms with E-state index in [0.29, 0.717) is 9.79 Å². The van der Waals surface area contributed by atoms with Crippen LogP contribution in [0.25, 0.3) is 0 Å². The summed E-state index contributed by atoms with van der Waals surface area (Å²) in [5.74, 6) is 2.15. The maximum absolute atomic E-state index is 13.4. The zero-order valence-corrected chi connectivity index (χ0v) is 15.2. The molecule has 0 atom stereocenters. The molecule has 0 N–H and O–H groups in total. The molecule has 0 saturated carbocycles. The molecule has 2 aliphatic rings. The molecule has 2 heterocycles. The smallest absolute Gasteiger partial charge is 0.207 e. The van der Waals surface area contributed by atoms with Gasteiger partial charge in [0.1, 0.15) is 0 Å². The highest BCUT2D eigenvalue weighted by molar-refractivity contribution is 7.99. The minimum absolute atomic E-state index is 0.520. The van der Waals surface area contributed by atoms with Crippen molar-refractivity contribution >= 4 is 33.4 Å². The summed E-state index contributed by atoms with van der Waals surface area (Å²) in [6.45, 7) is 0. The van der Waals surface area contributed by atoms with Crippen LogP contribution in [-0.4, -0.2) is 19.9 Å². The van der Waals surface area contributed by atoms with Gasteiger partial charge in [0.25, 0.3) is 0 Å². The summed E-state index contributed by atoms with van der Waals surface area (Å²) in [5, 5.41) is 0. The zero-order valence-electron chi connectivity index (χ0n) is 12.7. The van der Waals surface area contributed by atoms with Crippen molar-refractivity contribution in [3.05, 3.63) is 47.5 Å². The molecule has 2 nitrogen and oxygen atoms in total. The highest BCUT2D eigenvalue weighted by atomic mass is 32.2. The van der Waals surface area contributed by atoms with Crippen LogP contribution in [0.4, 0.5) is 0 Å². The molecule has 5 heteroatoms. The third-order valence-electron chi connectivity index (χ3n) is 4.42. The van der Waals surface area contributed by atoms with E-state index in [9.17, 15) is 8.42 Å². The van der Waals surface area contributed by atoms with Crippen LogP contribution in [0.3, 0.4) is 0 Å². The third-order valence-corrected chi connectivity index (χ3v) is 8.71. The fraction of sp³-hybridized carbons (Fsp3) is 0.333. The summed E-state index contributed by atoms with van der Waals surface area (Å²) in [4.78, 5) is 3.31. The van der Waals surface area contributed by atoms with Crippen molar-refractivity contribution < 1.29 is 8.42 Å². The summed E-state index contributed by atoms with van der Waals surface area (Å²) in [6.07, 6.45) is 3.82. The van der Waals surface area contributed by atoms with Gasteiger partial charge >= 0.3 is 0 Å². The van der Waals surface area contributed by atoms with E-state index in [2.05, 4.69) is 12.1 Å². The number of rotatable bonds is 2. The molecule has 0 fully saturated rings. The van der Waals surface area contributed by atoms with E-state index < -0.39 is 9.84 Å². The predicted octanol–water partition coefficient (Wildman–Crippen LogP) is 4.60. The Hall–Kier alpha value is -0.910. The molecule has 0 radical (unpaired) electrons. The zero-order chi connectivity index (χ0) is 15.9. The minimum Gasteiger partial charge on any atom is -0.218 e. The fourth-order valence-electron chi connectivity index (χ4n) is 3.34. The van der Waals surface area contributed by atoms with Crippen molar-refractivity contribution in [1.29, 1.82) is 0 Å². The van der Waals surface area contributed by atoms with E-state index in [4.69, 9.17) is 0 Å². The Morgan fingerprint density at radius 2 is 1.22 bits per heavy atom. The fourth-order valence-corrected chi connectivity index (χ4v) is 7.43. The third kappa shape index (κ3) is 2.73. The molecule has 0 amide bonds. The lowest BCUT2D eigenvalue weighted by molar-refractivity contribution is 0.592. The SMILES string of the molecule is O=S(=O)(c1cccc2c1CCCS2)c1cccc2c1CCCS2. The van der Waals surface area contributed by atoms with Crippen LogP contribution in [-0.2, 0) is 22.7 Å². The van der Waals surface area contributed by atoms with Crippen LogP contribution in [0.15, 0.2) is 56.0 Å².